The average molecular weight is 260 g/mol. The predicted octanol–water partition coefficient (Wildman–Crippen LogP) is 3.72. The van der Waals surface area contributed by atoms with E-state index in [1.54, 1.807) is 6.07 Å². The van der Waals surface area contributed by atoms with Gasteiger partial charge in [-0.05, 0) is 56.9 Å². The van der Waals surface area contributed by atoms with E-state index in [0.717, 1.165) is 29.9 Å². The van der Waals surface area contributed by atoms with Crippen molar-refractivity contribution in [1.82, 2.24) is 9.88 Å². The fourth-order valence-corrected chi connectivity index (χ4v) is 2.88. The Balaban J connectivity index is 1.75. The molecule has 1 N–H and O–H groups in total. The molecule has 1 aromatic heterocycles. The zero-order chi connectivity index (χ0) is 13.4. The lowest BCUT2D eigenvalue weighted by Gasteiger charge is -2.26. The molecule has 2 aromatic rings. The van der Waals surface area contributed by atoms with Crippen LogP contribution in [-0.2, 0) is 6.42 Å². The molecule has 3 rings (SSSR count). The summed E-state index contributed by atoms with van der Waals surface area (Å²) in [5.41, 5.74) is 2.25. The third-order valence-electron chi connectivity index (χ3n) is 4.05. The number of nitrogens with zero attached hydrogens (tertiary/aromatic N) is 1. The van der Waals surface area contributed by atoms with Crippen LogP contribution >= 0.6 is 0 Å². The number of aromatic nitrogens is 1. The number of halogens is 1. The fraction of sp³-hybridized carbons (Fsp3) is 0.500. The van der Waals surface area contributed by atoms with Crippen LogP contribution < -0.4 is 0 Å². The lowest BCUT2D eigenvalue weighted by atomic mass is 10.1. The molecule has 1 fully saturated rings. The maximum atomic E-state index is 13.3. The molecule has 2 nitrogen and oxygen atoms in total. The third kappa shape index (κ3) is 2.66. The van der Waals surface area contributed by atoms with Crippen molar-refractivity contribution in [2.75, 3.05) is 6.54 Å². The second kappa shape index (κ2) is 4.97. The van der Waals surface area contributed by atoms with Crippen LogP contribution in [0.25, 0.3) is 10.9 Å². The summed E-state index contributed by atoms with van der Waals surface area (Å²) in [4.78, 5) is 5.80. The van der Waals surface area contributed by atoms with Crippen LogP contribution in [0.15, 0.2) is 24.4 Å². The van der Waals surface area contributed by atoms with Crippen molar-refractivity contribution in [2.45, 2.75) is 45.2 Å². The Kier molecular flexibility index (Phi) is 3.31. The van der Waals surface area contributed by atoms with Crippen LogP contribution in [0.2, 0.25) is 0 Å². The van der Waals surface area contributed by atoms with Gasteiger partial charge in [-0.1, -0.05) is 0 Å². The number of fused-ring (bicyclic) bond motifs is 1. The predicted molar refractivity (Wildman–Crippen MR) is 76.8 cm³/mol. The third-order valence-corrected chi connectivity index (χ3v) is 4.05. The Bertz CT molecular complexity index is 567. The molecule has 0 unspecified atom stereocenters. The van der Waals surface area contributed by atoms with Gasteiger partial charge in [-0.3, -0.25) is 4.90 Å². The van der Waals surface area contributed by atoms with E-state index in [1.807, 2.05) is 12.3 Å². The summed E-state index contributed by atoms with van der Waals surface area (Å²) in [6.45, 7) is 5.58. The van der Waals surface area contributed by atoms with Gasteiger partial charge in [0.15, 0.2) is 0 Å². The molecule has 0 atom stereocenters. The summed E-state index contributed by atoms with van der Waals surface area (Å²) in [6, 6.07) is 6.33. The fourth-order valence-electron chi connectivity index (χ4n) is 2.88. The number of hydrogen-bond acceptors (Lipinski definition) is 1. The molecule has 1 aromatic carbocycles. The minimum absolute atomic E-state index is 0.156. The molecule has 0 saturated heterocycles. The molecule has 3 heteroatoms. The second-order valence-electron chi connectivity index (χ2n) is 5.82. The molecule has 1 heterocycles. The van der Waals surface area contributed by atoms with Crippen molar-refractivity contribution >= 4 is 10.9 Å². The Hall–Kier alpha value is -1.35. The van der Waals surface area contributed by atoms with Gasteiger partial charge in [0.1, 0.15) is 5.82 Å². The zero-order valence-corrected chi connectivity index (χ0v) is 11.6. The molecule has 0 bridgehead atoms. The minimum atomic E-state index is -0.156. The summed E-state index contributed by atoms with van der Waals surface area (Å²) in [5.74, 6) is -0.156. The van der Waals surface area contributed by atoms with Crippen LogP contribution in [-0.4, -0.2) is 28.5 Å². The summed E-state index contributed by atoms with van der Waals surface area (Å²) >= 11 is 0. The topological polar surface area (TPSA) is 19.0 Å². The summed E-state index contributed by atoms with van der Waals surface area (Å²) < 4.78 is 13.3. The normalized spacial score (nSPS) is 15.8. The van der Waals surface area contributed by atoms with Crippen molar-refractivity contribution in [1.29, 1.82) is 0 Å². The number of H-pyrrole nitrogens is 1. The molecule has 19 heavy (non-hydrogen) atoms. The number of benzene rings is 1. The highest BCUT2D eigenvalue weighted by Gasteiger charge is 2.30. The highest BCUT2D eigenvalue weighted by molar-refractivity contribution is 5.83. The molecule has 102 valence electrons. The zero-order valence-electron chi connectivity index (χ0n) is 11.6. The molecule has 1 aliphatic rings. The van der Waals surface area contributed by atoms with Gasteiger partial charge < -0.3 is 4.98 Å². The van der Waals surface area contributed by atoms with E-state index >= 15 is 0 Å². The Morgan fingerprint density at radius 1 is 1.37 bits per heavy atom. The van der Waals surface area contributed by atoms with Gasteiger partial charge in [-0.15, -0.1) is 0 Å². The Labute approximate surface area is 113 Å². The monoisotopic (exact) mass is 260 g/mol. The average Bonchev–Trinajstić information content (AvgIpc) is 3.12. The SMILES string of the molecule is CC(C)N(CCc1c[nH]c2ccc(F)cc12)C1CC1. The van der Waals surface area contributed by atoms with Crippen molar-refractivity contribution in [2.24, 2.45) is 0 Å². The van der Waals surface area contributed by atoms with Crippen LogP contribution in [0, 0.1) is 5.82 Å². The first-order valence-corrected chi connectivity index (χ1v) is 7.16. The van der Waals surface area contributed by atoms with Crippen molar-refractivity contribution < 1.29 is 4.39 Å². The number of nitrogens with one attached hydrogen (secondary N) is 1. The largest absolute Gasteiger partial charge is 0.361 e. The van der Waals surface area contributed by atoms with E-state index in [1.165, 1.54) is 24.5 Å². The van der Waals surface area contributed by atoms with Gasteiger partial charge in [0, 0.05) is 35.7 Å². The minimum Gasteiger partial charge on any atom is -0.361 e. The van der Waals surface area contributed by atoms with Gasteiger partial charge in [0.05, 0.1) is 0 Å². The van der Waals surface area contributed by atoms with Crippen molar-refractivity contribution in [3.8, 4) is 0 Å². The number of aromatic amines is 1. The molecular formula is C16H21FN2. The van der Waals surface area contributed by atoms with Gasteiger partial charge >= 0.3 is 0 Å². The van der Waals surface area contributed by atoms with Crippen LogP contribution in [0.3, 0.4) is 0 Å². The smallest absolute Gasteiger partial charge is 0.123 e. The Morgan fingerprint density at radius 2 is 2.16 bits per heavy atom. The maximum Gasteiger partial charge on any atom is 0.123 e. The highest BCUT2D eigenvalue weighted by atomic mass is 19.1. The molecule has 0 spiro atoms. The van der Waals surface area contributed by atoms with Crippen LogP contribution in [0.4, 0.5) is 4.39 Å². The summed E-state index contributed by atoms with van der Waals surface area (Å²) in [7, 11) is 0. The van der Waals surface area contributed by atoms with Crippen LogP contribution in [0.1, 0.15) is 32.3 Å². The first-order chi connectivity index (χ1) is 9.15. The van der Waals surface area contributed by atoms with Gasteiger partial charge in [-0.2, -0.15) is 0 Å². The molecular weight excluding hydrogens is 239 g/mol. The van der Waals surface area contributed by atoms with E-state index in [2.05, 4.69) is 23.7 Å². The quantitative estimate of drug-likeness (QED) is 0.868. The molecule has 1 saturated carbocycles. The lowest BCUT2D eigenvalue weighted by molar-refractivity contribution is 0.214. The van der Waals surface area contributed by atoms with E-state index in [-0.39, 0.29) is 5.82 Å². The van der Waals surface area contributed by atoms with E-state index in [9.17, 15) is 4.39 Å². The standard InChI is InChI=1S/C16H21FN2/c1-11(2)19(14-4-5-14)8-7-12-10-18-16-6-3-13(17)9-15(12)16/h3,6,9-11,14,18H,4-5,7-8H2,1-2H3. The van der Waals surface area contributed by atoms with Crippen LogP contribution in [0.5, 0.6) is 0 Å². The van der Waals surface area contributed by atoms with Gasteiger partial charge in [0.25, 0.3) is 0 Å². The van der Waals surface area contributed by atoms with Gasteiger partial charge in [0.2, 0.25) is 0 Å². The first kappa shape index (κ1) is 12.7. The molecule has 1 aliphatic carbocycles. The van der Waals surface area contributed by atoms with Crippen molar-refractivity contribution in [3.63, 3.8) is 0 Å². The summed E-state index contributed by atoms with van der Waals surface area (Å²) in [6.07, 6.45) is 5.68. The number of rotatable bonds is 5. The Morgan fingerprint density at radius 3 is 2.84 bits per heavy atom. The second-order valence-corrected chi connectivity index (χ2v) is 5.82. The van der Waals surface area contributed by atoms with E-state index in [0.29, 0.717) is 6.04 Å². The highest BCUT2D eigenvalue weighted by Crippen LogP contribution is 2.29. The van der Waals surface area contributed by atoms with Gasteiger partial charge in [-0.25, -0.2) is 4.39 Å². The lowest BCUT2D eigenvalue weighted by Crippen LogP contribution is -2.34. The maximum absolute atomic E-state index is 13.3. The van der Waals surface area contributed by atoms with E-state index in [4.69, 9.17) is 0 Å². The summed E-state index contributed by atoms with van der Waals surface area (Å²) in [5, 5.41) is 1.03. The van der Waals surface area contributed by atoms with E-state index < -0.39 is 0 Å². The molecule has 0 radical (unpaired) electrons. The first-order valence-electron chi connectivity index (χ1n) is 7.16. The van der Waals surface area contributed by atoms with Crippen molar-refractivity contribution in [3.05, 3.63) is 35.8 Å². The molecule has 0 amide bonds. The molecule has 0 aliphatic heterocycles. The number of hydrogen-bond donors (Lipinski definition) is 1.